The predicted molar refractivity (Wildman–Crippen MR) is 84.5 cm³/mol. The van der Waals surface area contributed by atoms with Crippen molar-refractivity contribution in [2.75, 3.05) is 6.54 Å². The van der Waals surface area contributed by atoms with E-state index in [-0.39, 0.29) is 42.4 Å². The summed E-state index contributed by atoms with van der Waals surface area (Å²) < 4.78 is 40.9. The lowest BCUT2D eigenvalue weighted by Crippen LogP contribution is -2.49. The number of nitrogens with one attached hydrogen (secondary N) is 1. The highest BCUT2D eigenvalue weighted by molar-refractivity contribution is 5.85. The van der Waals surface area contributed by atoms with Crippen LogP contribution in [0.3, 0.4) is 0 Å². The van der Waals surface area contributed by atoms with Crippen molar-refractivity contribution in [1.29, 1.82) is 0 Å². The van der Waals surface area contributed by atoms with Crippen molar-refractivity contribution in [2.45, 2.75) is 39.6 Å². The van der Waals surface area contributed by atoms with Crippen molar-refractivity contribution in [2.24, 2.45) is 11.1 Å². The summed E-state index contributed by atoms with van der Waals surface area (Å²) in [6.07, 6.45) is -4.53. The molecule has 0 aliphatic rings. The Bertz CT molecular complexity index is 516. The second-order valence-electron chi connectivity index (χ2n) is 6.04. The third kappa shape index (κ3) is 7.56. The molecule has 1 rings (SSSR count). The molecule has 0 aliphatic heterocycles. The van der Waals surface area contributed by atoms with E-state index in [9.17, 15) is 18.0 Å². The van der Waals surface area contributed by atoms with E-state index in [0.29, 0.717) is 5.56 Å². The minimum absolute atomic E-state index is 0. The fraction of sp³-hybridized carbons (Fsp3) is 0.533. The maximum absolute atomic E-state index is 12.3. The smallest absolute Gasteiger partial charge is 0.406 e. The van der Waals surface area contributed by atoms with E-state index in [1.165, 1.54) is 18.2 Å². The summed E-state index contributed by atoms with van der Waals surface area (Å²) in [5.74, 6) is -0.592. The first-order valence-electron chi connectivity index (χ1n) is 6.87. The van der Waals surface area contributed by atoms with E-state index in [2.05, 4.69) is 10.1 Å². The Balaban J connectivity index is 0.00000484. The van der Waals surface area contributed by atoms with Crippen LogP contribution in [0.15, 0.2) is 24.3 Å². The van der Waals surface area contributed by atoms with Gasteiger partial charge in [-0.2, -0.15) is 0 Å². The fourth-order valence-electron chi connectivity index (χ4n) is 1.76. The zero-order valence-electron chi connectivity index (χ0n) is 13.2. The van der Waals surface area contributed by atoms with E-state index in [1.54, 1.807) is 6.07 Å². The van der Waals surface area contributed by atoms with Gasteiger partial charge in [-0.05, 0) is 23.5 Å². The zero-order chi connectivity index (χ0) is 17.0. The van der Waals surface area contributed by atoms with E-state index in [0.717, 1.165) is 0 Å². The summed E-state index contributed by atoms with van der Waals surface area (Å²) in [7, 11) is 0. The first kappa shape index (κ1) is 21.5. The molecular weight excluding hydrogens is 333 g/mol. The highest BCUT2D eigenvalue weighted by Crippen LogP contribution is 2.26. The number of carbonyl (C=O) groups is 1. The second kappa shape index (κ2) is 8.40. The maximum Gasteiger partial charge on any atom is 0.573 e. The number of alkyl halides is 3. The molecule has 0 heterocycles. The molecule has 0 saturated heterocycles. The van der Waals surface area contributed by atoms with Gasteiger partial charge in [0.05, 0.1) is 6.04 Å². The Morgan fingerprint density at radius 3 is 2.35 bits per heavy atom. The van der Waals surface area contributed by atoms with Crippen LogP contribution in [-0.2, 0) is 11.2 Å². The van der Waals surface area contributed by atoms with Crippen LogP contribution in [0.2, 0.25) is 0 Å². The molecule has 1 aromatic carbocycles. The lowest BCUT2D eigenvalue weighted by Gasteiger charge is -2.25. The first-order valence-corrected chi connectivity index (χ1v) is 6.87. The van der Waals surface area contributed by atoms with Gasteiger partial charge in [0.15, 0.2) is 0 Å². The summed E-state index contributed by atoms with van der Waals surface area (Å²) in [6, 6.07) is 5.15. The van der Waals surface area contributed by atoms with Gasteiger partial charge in [0.1, 0.15) is 5.75 Å². The van der Waals surface area contributed by atoms with E-state index in [4.69, 9.17) is 5.73 Å². The summed E-state index contributed by atoms with van der Waals surface area (Å²) >= 11 is 0. The number of hydrogen-bond acceptors (Lipinski definition) is 3. The highest BCUT2D eigenvalue weighted by Gasteiger charge is 2.32. The van der Waals surface area contributed by atoms with Gasteiger partial charge in [-0.25, -0.2) is 0 Å². The quantitative estimate of drug-likeness (QED) is 0.854. The van der Waals surface area contributed by atoms with Gasteiger partial charge in [0.25, 0.3) is 0 Å². The number of halogens is 4. The van der Waals surface area contributed by atoms with Gasteiger partial charge in [0, 0.05) is 6.54 Å². The van der Waals surface area contributed by atoms with Crippen molar-refractivity contribution in [3.05, 3.63) is 29.8 Å². The van der Waals surface area contributed by atoms with Gasteiger partial charge < -0.3 is 15.8 Å². The number of ether oxygens (including phenoxy) is 1. The minimum Gasteiger partial charge on any atom is -0.406 e. The number of carbonyl (C=O) groups excluding carboxylic acids is 1. The van der Waals surface area contributed by atoms with Gasteiger partial charge in [0.2, 0.25) is 5.91 Å². The lowest BCUT2D eigenvalue weighted by atomic mass is 9.87. The molecule has 0 aliphatic carbocycles. The first-order chi connectivity index (χ1) is 10.0. The van der Waals surface area contributed by atoms with Crippen LogP contribution in [0.5, 0.6) is 5.75 Å². The highest BCUT2D eigenvalue weighted by atomic mass is 35.5. The standard InChI is InChI=1S/C15H21F3N2O2.ClH/c1-14(2,3)12(19)13(21)20-9-8-10-6-4-5-7-11(10)22-15(16,17)18;/h4-7,12H,8-9,19H2,1-3H3,(H,20,21);1H/t12-;/m1./s1. The lowest BCUT2D eigenvalue weighted by molar-refractivity contribution is -0.274. The monoisotopic (exact) mass is 354 g/mol. The summed E-state index contributed by atoms with van der Waals surface area (Å²) in [5, 5.41) is 2.63. The van der Waals surface area contributed by atoms with Crippen molar-refractivity contribution in [3.63, 3.8) is 0 Å². The molecule has 23 heavy (non-hydrogen) atoms. The van der Waals surface area contributed by atoms with Crippen LogP contribution in [-0.4, -0.2) is 24.9 Å². The van der Waals surface area contributed by atoms with E-state index < -0.39 is 12.4 Å². The Morgan fingerprint density at radius 1 is 1.26 bits per heavy atom. The fourth-order valence-corrected chi connectivity index (χ4v) is 1.76. The predicted octanol–water partition coefficient (Wildman–Crippen LogP) is 3.04. The maximum atomic E-state index is 12.3. The summed E-state index contributed by atoms with van der Waals surface area (Å²) in [4.78, 5) is 11.8. The zero-order valence-corrected chi connectivity index (χ0v) is 14.1. The average molecular weight is 355 g/mol. The van der Waals surface area contributed by atoms with Gasteiger partial charge in [-0.15, -0.1) is 25.6 Å². The molecule has 0 spiro atoms. The van der Waals surface area contributed by atoms with Crippen LogP contribution in [0.25, 0.3) is 0 Å². The molecule has 132 valence electrons. The summed E-state index contributed by atoms with van der Waals surface area (Å²) in [5.41, 5.74) is 5.78. The summed E-state index contributed by atoms with van der Waals surface area (Å²) in [6.45, 7) is 5.69. The second-order valence-corrected chi connectivity index (χ2v) is 6.04. The van der Waals surface area contributed by atoms with Crippen molar-refractivity contribution < 1.29 is 22.7 Å². The van der Waals surface area contributed by atoms with Gasteiger partial charge >= 0.3 is 6.36 Å². The van der Waals surface area contributed by atoms with Crippen LogP contribution < -0.4 is 15.8 Å². The number of amides is 1. The molecule has 0 radical (unpaired) electrons. The van der Waals surface area contributed by atoms with E-state index in [1.807, 2.05) is 20.8 Å². The molecule has 8 heteroatoms. The van der Waals surface area contributed by atoms with Crippen LogP contribution in [0.1, 0.15) is 26.3 Å². The largest absolute Gasteiger partial charge is 0.573 e. The van der Waals surface area contributed by atoms with Crippen molar-refractivity contribution >= 4 is 18.3 Å². The molecule has 0 fully saturated rings. The number of benzene rings is 1. The van der Waals surface area contributed by atoms with Crippen LogP contribution in [0.4, 0.5) is 13.2 Å². The number of hydrogen-bond donors (Lipinski definition) is 2. The molecule has 1 amide bonds. The molecule has 4 nitrogen and oxygen atoms in total. The third-order valence-electron chi connectivity index (χ3n) is 3.11. The van der Waals surface area contributed by atoms with Crippen molar-refractivity contribution in [1.82, 2.24) is 5.32 Å². The molecule has 0 saturated carbocycles. The van der Waals surface area contributed by atoms with Gasteiger partial charge in [-0.1, -0.05) is 39.0 Å². The van der Waals surface area contributed by atoms with Crippen LogP contribution >= 0.6 is 12.4 Å². The molecule has 0 unspecified atom stereocenters. The topological polar surface area (TPSA) is 64.4 Å². The molecular formula is C15H22ClF3N2O2. The Hall–Kier alpha value is -1.47. The van der Waals surface area contributed by atoms with Gasteiger partial charge in [-0.3, -0.25) is 4.79 Å². The Morgan fingerprint density at radius 2 is 1.83 bits per heavy atom. The Kier molecular flexibility index (Phi) is 7.86. The normalized spacial score (nSPS) is 13.0. The molecule has 1 atom stereocenters. The van der Waals surface area contributed by atoms with Crippen molar-refractivity contribution in [3.8, 4) is 5.75 Å². The molecule has 3 N–H and O–H groups in total. The SMILES string of the molecule is CC(C)(C)[C@H](N)C(=O)NCCc1ccccc1OC(F)(F)F.Cl. The average Bonchev–Trinajstić information content (AvgIpc) is 2.37. The van der Waals surface area contributed by atoms with E-state index >= 15 is 0 Å². The molecule has 0 aromatic heterocycles. The molecule has 1 aromatic rings. The number of nitrogens with two attached hydrogens (primary N) is 1. The minimum atomic E-state index is -4.74. The Labute approximate surface area is 140 Å². The third-order valence-corrected chi connectivity index (χ3v) is 3.11. The number of rotatable bonds is 5. The molecule has 0 bridgehead atoms. The number of para-hydroxylation sites is 1. The van der Waals surface area contributed by atoms with Crippen LogP contribution in [0, 0.1) is 5.41 Å².